The first-order chi connectivity index (χ1) is 14.4. The van der Waals surface area contributed by atoms with Crippen LogP contribution in [0, 0.1) is 0 Å². The summed E-state index contributed by atoms with van der Waals surface area (Å²) in [6, 6.07) is 4.85. The lowest BCUT2D eigenvalue weighted by Crippen LogP contribution is -2.38. The lowest BCUT2D eigenvalue weighted by atomic mass is 10.1. The minimum Gasteiger partial charge on any atom is -0.464 e. The largest absolute Gasteiger partial charge is 0.464 e. The molecule has 0 saturated heterocycles. The van der Waals surface area contributed by atoms with Crippen molar-refractivity contribution < 1.29 is 38.8 Å². The third kappa shape index (κ3) is 9.06. The van der Waals surface area contributed by atoms with E-state index in [0.29, 0.717) is 17.7 Å². The zero-order chi connectivity index (χ0) is 22.4. The number of amides is 1. The molecule has 1 unspecified atom stereocenters. The van der Waals surface area contributed by atoms with Crippen LogP contribution in [0.2, 0.25) is 0 Å². The second kappa shape index (κ2) is 14.1. The molecular weight excluding hydrogens is 394 g/mol. The van der Waals surface area contributed by atoms with Crippen LogP contribution in [0.3, 0.4) is 0 Å². The van der Waals surface area contributed by atoms with E-state index in [4.69, 9.17) is 24.4 Å². The van der Waals surface area contributed by atoms with E-state index < -0.39 is 37.4 Å². The van der Waals surface area contributed by atoms with Gasteiger partial charge in [0.05, 0.1) is 19.8 Å². The predicted octanol–water partition coefficient (Wildman–Crippen LogP) is 2.02. The molecule has 0 aromatic heterocycles. The van der Waals surface area contributed by atoms with Crippen molar-refractivity contribution in [2.24, 2.45) is 0 Å². The minimum atomic E-state index is -1.18. The van der Waals surface area contributed by atoms with E-state index in [1.807, 2.05) is 19.1 Å². The number of rotatable bonds is 12. The number of unbranched alkanes of at least 4 members (excludes halogenated alkanes) is 1. The number of ether oxygens (including phenoxy) is 3. The van der Waals surface area contributed by atoms with Crippen molar-refractivity contribution in [3.8, 4) is 5.75 Å². The summed E-state index contributed by atoms with van der Waals surface area (Å²) < 4.78 is 15.1. The number of aliphatic hydroxyl groups excluding tert-OH is 2. The van der Waals surface area contributed by atoms with Crippen LogP contribution >= 0.6 is 0 Å². The highest BCUT2D eigenvalue weighted by Gasteiger charge is 2.26. The van der Waals surface area contributed by atoms with Crippen molar-refractivity contribution in [3.63, 3.8) is 0 Å². The van der Waals surface area contributed by atoms with Gasteiger partial charge < -0.3 is 29.7 Å². The van der Waals surface area contributed by atoms with Crippen molar-refractivity contribution in [1.29, 1.82) is 0 Å². The fourth-order valence-corrected chi connectivity index (χ4v) is 2.38. The van der Waals surface area contributed by atoms with Crippen LogP contribution < -0.4 is 10.1 Å². The van der Waals surface area contributed by atoms with Gasteiger partial charge in [-0.3, -0.25) is 4.79 Å². The number of hydrogen-bond acceptors (Lipinski definition) is 8. The lowest BCUT2D eigenvalue weighted by Gasteiger charge is -2.19. The van der Waals surface area contributed by atoms with Gasteiger partial charge in [0, 0.05) is 6.42 Å². The molecule has 0 radical (unpaired) electrons. The van der Waals surface area contributed by atoms with E-state index in [1.54, 1.807) is 6.92 Å². The first-order valence-corrected chi connectivity index (χ1v) is 9.72. The Morgan fingerprint density at radius 2 is 1.80 bits per heavy atom. The molecule has 1 aromatic carbocycles. The van der Waals surface area contributed by atoms with Crippen LogP contribution in [0.25, 0.3) is 0 Å². The standard InChI is InChI=1S/C21H29NO8/c1-3-5-6-7-8-18(25)29-16-11-9-15(10-12-16)19(20(26)28-4-2)22-21(27)30-17(13-23)14-24/h3,5,9-12,17,19,23-24H,4,6-8,13-14H2,1-2H3,(H,22,27)/b5-3-. The molecule has 0 aliphatic heterocycles. The number of benzene rings is 1. The van der Waals surface area contributed by atoms with Gasteiger partial charge in [0.1, 0.15) is 11.9 Å². The molecule has 166 valence electrons. The molecule has 1 atom stereocenters. The van der Waals surface area contributed by atoms with Gasteiger partial charge in [-0.1, -0.05) is 24.3 Å². The number of alkyl carbamates (subject to hydrolysis) is 1. The molecule has 0 saturated carbocycles. The molecule has 0 bridgehead atoms. The average Bonchev–Trinajstić information content (AvgIpc) is 2.74. The summed E-state index contributed by atoms with van der Waals surface area (Å²) in [7, 11) is 0. The Hall–Kier alpha value is -2.91. The molecule has 3 N–H and O–H groups in total. The molecule has 0 spiro atoms. The predicted molar refractivity (Wildman–Crippen MR) is 108 cm³/mol. The van der Waals surface area contributed by atoms with E-state index in [-0.39, 0.29) is 19.0 Å². The first kappa shape index (κ1) is 25.1. The van der Waals surface area contributed by atoms with E-state index in [9.17, 15) is 14.4 Å². The molecule has 0 aliphatic rings. The third-order valence-electron chi connectivity index (χ3n) is 3.90. The summed E-state index contributed by atoms with van der Waals surface area (Å²) in [4.78, 5) is 36.1. The molecule has 1 amide bonds. The zero-order valence-corrected chi connectivity index (χ0v) is 17.2. The van der Waals surface area contributed by atoms with Gasteiger partial charge in [-0.25, -0.2) is 9.59 Å². The van der Waals surface area contributed by atoms with Crippen LogP contribution in [-0.4, -0.2) is 54.2 Å². The smallest absolute Gasteiger partial charge is 0.408 e. The van der Waals surface area contributed by atoms with Gasteiger partial charge in [-0.2, -0.15) is 0 Å². The fourth-order valence-electron chi connectivity index (χ4n) is 2.38. The van der Waals surface area contributed by atoms with Crippen molar-refractivity contribution in [2.75, 3.05) is 19.8 Å². The summed E-state index contributed by atoms with van der Waals surface area (Å²) in [5, 5.41) is 20.3. The monoisotopic (exact) mass is 423 g/mol. The Labute approximate surface area is 175 Å². The van der Waals surface area contributed by atoms with Gasteiger partial charge in [-0.15, -0.1) is 0 Å². The van der Waals surface area contributed by atoms with Crippen LogP contribution in [-0.2, 0) is 19.1 Å². The van der Waals surface area contributed by atoms with Crippen LogP contribution in [0.5, 0.6) is 5.75 Å². The number of nitrogens with one attached hydrogen (secondary N) is 1. The van der Waals surface area contributed by atoms with Crippen molar-refractivity contribution in [1.82, 2.24) is 5.32 Å². The van der Waals surface area contributed by atoms with Gasteiger partial charge in [0.2, 0.25) is 0 Å². The van der Waals surface area contributed by atoms with Crippen LogP contribution in [0.15, 0.2) is 36.4 Å². The summed E-state index contributed by atoms with van der Waals surface area (Å²) in [5.41, 5.74) is 0.378. The van der Waals surface area contributed by atoms with Crippen molar-refractivity contribution in [2.45, 2.75) is 45.3 Å². The van der Waals surface area contributed by atoms with Gasteiger partial charge in [0.15, 0.2) is 6.04 Å². The Balaban J connectivity index is 2.79. The summed E-state index contributed by atoms with van der Waals surface area (Å²) in [6.45, 7) is 2.51. The summed E-state index contributed by atoms with van der Waals surface area (Å²) >= 11 is 0. The Bertz CT molecular complexity index is 697. The van der Waals surface area contributed by atoms with Crippen molar-refractivity contribution >= 4 is 18.0 Å². The van der Waals surface area contributed by atoms with Crippen LogP contribution in [0.1, 0.15) is 44.7 Å². The highest BCUT2D eigenvalue weighted by molar-refractivity contribution is 5.83. The van der Waals surface area contributed by atoms with E-state index in [1.165, 1.54) is 24.3 Å². The lowest BCUT2D eigenvalue weighted by molar-refractivity contribution is -0.145. The maximum absolute atomic E-state index is 12.3. The first-order valence-electron chi connectivity index (χ1n) is 9.72. The summed E-state index contributed by atoms with van der Waals surface area (Å²) in [5.74, 6) is -0.775. The molecule has 9 heteroatoms. The minimum absolute atomic E-state index is 0.102. The van der Waals surface area contributed by atoms with E-state index in [2.05, 4.69) is 5.32 Å². The highest BCUT2D eigenvalue weighted by Crippen LogP contribution is 2.20. The fraction of sp³-hybridized carbons (Fsp3) is 0.476. The molecule has 9 nitrogen and oxygen atoms in total. The molecule has 0 aliphatic carbocycles. The number of hydrogen-bond donors (Lipinski definition) is 3. The number of allylic oxidation sites excluding steroid dienone is 2. The molecule has 1 rings (SSSR count). The molecule has 1 aromatic rings. The second-order valence-corrected chi connectivity index (χ2v) is 6.23. The average molecular weight is 423 g/mol. The zero-order valence-electron chi connectivity index (χ0n) is 17.2. The van der Waals surface area contributed by atoms with Crippen LogP contribution in [0.4, 0.5) is 4.79 Å². The topological polar surface area (TPSA) is 131 Å². The molecular formula is C21H29NO8. The third-order valence-corrected chi connectivity index (χ3v) is 3.90. The number of aliphatic hydroxyl groups is 2. The molecule has 0 heterocycles. The molecule has 30 heavy (non-hydrogen) atoms. The maximum Gasteiger partial charge on any atom is 0.408 e. The summed E-state index contributed by atoms with van der Waals surface area (Å²) in [6.07, 6.45) is 3.53. The van der Waals surface area contributed by atoms with E-state index in [0.717, 1.165) is 6.42 Å². The quantitative estimate of drug-likeness (QED) is 0.201. The number of carbonyl (C=O) groups excluding carboxylic acids is 3. The Morgan fingerprint density at radius 1 is 1.13 bits per heavy atom. The number of esters is 2. The van der Waals surface area contributed by atoms with Gasteiger partial charge in [0.25, 0.3) is 0 Å². The SMILES string of the molecule is C/C=C\CCCC(=O)Oc1ccc(C(NC(=O)OC(CO)CO)C(=O)OCC)cc1. The van der Waals surface area contributed by atoms with Gasteiger partial charge in [-0.05, 0) is 44.4 Å². The van der Waals surface area contributed by atoms with Gasteiger partial charge >= 0.3 is 18.0 Å². The highest BCUT2D eigenvalue weighted by atomic mass is 16.6. The van der Waals surface area contributed by atoms with E-state index >= 15 is 0 Å². The maximum atomic E-state index is 12.3. The normalized spacial score (nSPS) is 11.9. The molecule has 0 fully saturated rings. The van der Waals surface area contributed by atoms with Crippen molar-refractivity contribution in [3.05, 3.63) is 42.0 Å². The Kier molecular flexibility index (Phi) is 11.8. The number of carbonyl (C=O) groups is 3. The second-order valence-electron chi connectivity index (χ2n) is 6.23. The Morgan fingerprint density at radius 3 is 2.37 bits per heavy atom.